The minimum Gasteiger partial charge on any atom is -0.468 e. The van der Waals surface area contributed by atoms with Crippen LogP contribution in [0.15, 0.2) is 22.8 Å². The van der Waals surface area contributed by atoms with Gasteiger partial charge in [0.05, 0.1) is 12.3 Å². The Morgan fingerprint density at radius 1 is 1.29 bits per heavy atom. The zero-order chi connectivity index (χ0) is 12.9. The molecular formula is C14H26N2O. The predicted molar refractivity (Wildman–Crippen MR) is 72.1 cm³/mol. The van der Waals surface area contributed by atoms with Crippen molar-refractivity contribution in [2.75, 3.05) is 19.6 Å². The van der Waals surface area contributed by atoms with Crippen molar-refractivity contribution in [3.8, 4) is 0 Å². The second kappa shape index (κ2) is 6.22. The maximum atomic E-state index is 5.58. The quantitative estimate of drug-likeness (QED) is 0.791. The normalized spacial score (nSPS) is 14.2. The van der Waals surface area contributed by atoms with Crippen LogP contribution < -0.4 is 5.32 Å². The molecule has 1 aromatic heterocycles. The van der Waals surface area contributed by atoms with Crippen molar-refractivity contribution in [1.82, 2.24) is 10.2 Å². The van der Waals surface area contributed by atoms with Crippen LogP contribution in [-0.2, 0) is 0 Å². The van der Waals surface area contributed by atoms with Gasteiger partial charge in [0.25, 0.3) is 0 Å². The van der Waals surface area contributed by atoms with Crippen LogP contribution in [0.5, 0.6) is 0 Å². The first-order valence-electron chi connectivity index (χ1n) is 6.59. The fourth-order valence-corrected chi connectivity index (χ4v) is 2.58. The van der Waals surface area contributed by atoms with Gasteiger partial charge in [0.2, 0.25) is 0 Å². The smallest absolute Gasteiger partial charge is 0.122 e. The van der Waals surface area contributed by atoms with Gasteiger partial charge in [0.15, 0.2) is 0 Å². The Balaban J connectivity index is 2.96. The molecule has 0 bridgehead atoms. The molecule has 1 aromatic rings. The van der Waals surface area contributed by atoms with Gasteiger partial charge in [-0.1, -0.05) is 20.8 Å². The highest BCUT2D eigenvalue weighted by Crippen LogP contribution is 2.31. The Labute approximate surface area is 105 Å². The van der Waals surface area contributed by atoms with E-state index in [2.05, 4.69) is 50.9 Å². The number of furan rings is 1. The van der Waals surface area contributed by atoms with Crippen molar-refractivity contribution in [1.29, 1.82) is 0 Å². The van der Waals surface area contributed by atoms with Crippen molar-refractivity contribution in [2.24, 2.45) is 0 Å². The molecule has 0 radical (unpaired) electrons. The minimum atomic E-state index is 0.0391. The summed E-state index contributed by atoms with van der Waals surface area (Å²) in [6.45, 7) is 14.1. The average molecular weight is 238 g/mol. The zero-order valence-electron chi connectivity index (χ0n) is 11.8. The highest BCUT2D eigenvalue weighted by molar-refractivity contribution is 5.11. The Morgan fingerprint density at radius 3 is 2.35 bits per heavy atom. The van der Waals surface area contributed by atoms with E-state index in [0.717, 1.165) is 25.4 Å². The molecule has 1 heterocycles. The first-order valence-corrected chi connectivity index (χ1v) is 6.59. The van der Waals surface area contributed by atoms with E-state index in [1.807, 2.05) is 6.07 Å². The largest absolute Gasteiger partial charge is 0.468 e. The SMILES string of the molecule is CCNC(c1ccco1)C(C)(C)N(CC)CC. The second-order valence-electron chi connectivity index (χ2n) is 4.83. The second-order valence-corrected chi connectivity index (χ2v) is 4.83. The highest BCUT2D eigenvalue weighted by Gasteiger charge is 2.36. The van der Waals surface area contributed by atoms with E-state index < -0.39 is 0 Å². The number of rotatable bonds is 7. The van der Waals surface area contributed by atoms with Crippen LogP contribution in [0.3, 0.4) is 0 Å². The molecule has 1 unspecified atom stereocenters. The predicted octanol–water partition coefficient (Wildman–Crippen LogP) is 3.05. The lowest BCUT2D eigenvalue weighted by Crippen LogP contribution is -2.52. The number of likely N-dealkylation sites (N-methyl/N-ethyl adjacent to an activating group) is 2. The molecule has 0 fully saturated rings. The molecule has 0 saturated heterocycles. The van der Waals surface area contributed by atoms with Gasteiger partial charge < -0.3 is 9.73 Å². The van der Waals surface area contributed by atoms with Crippen LogP contribution in [-0.4, -0.2) is 30.1 Å². The Bertz CT molecular complexity index is 302. The van der Waals surface area contributed by atoms with Gasteiger partial charge in [-0.2, -0.15) is 0 Å². The van der Waals surface area contributed by atoms with Crippen LogP contribution in [0.4, 0.5) is 0 Å². The van der Waals surface area contributed by atoms with E-state index in [1.54, 1.807) is 6.26 Å². The molecule has 0 saturated carbocycles. The molecule has 3 nitrogen and oxygen atoms in total. The van der Waals surface area contributed by atoms with E-state index in [9.17, 15) is 0 Å². The molecule has 17 heavy (non-hydrogen) atoms. The lowest BCUT2D eigenvalue weighted by atomic mass is 9.90. The number of hydrogen-bond acceptors (Lipinski definition) is 3. The third kappa shape index (κ3) is 3.11. The summed E-state index contributed by atoms with van der Waals surface area (Å²) < 4.78 is 5.58. The van der Waals surface area contributed by atoms with E-state index in [-0.39, 0.29) is 11.6 Å². The lowest BCUT2D eigenvalue weighted by molar-refractivity contribution is 0.0826. The summed E-state index contributed by atoms with van der Waals surface area (Å²) in [4.78, 5) is 2.46. The first-order chi connectivity index (χ1) is 8.07. The Kier molecular flexibility index (Phi) is 5.22. The summed E-state index contributed by atoms with van der Waals surface area (Å²) in [5.74, 6) is 1.02. The summed E-state index contributed by atoms with van der Waals surface area (Å²) in [5, 5.41) is 3.54. The van der Waals surface area contributed by atoms with Gasteiger partial charge in [-0.3, -0.25) is 4.90 Å². The average Bonchev–Trinajstić information content (AvgIpc) is 2.80. The summed E-state index contributed by atoms with van der Waals surface area (Å²) in [7, 11) is 0. The van der Waals surface area contributed by atoms with Gasteiger partial charge in [-0.15, -0.1) is 0 Å². The van der Waals surface area contributed by atoms with E-state index in [1.165, 1.54) is 0 Å². The summed E-state index contributed by atoms with van der Waals surface area (Å²) >= 11 is 0. The maximum Gasteiger partial charge on any atom is 0.122 e. The summed E-state index contributed by atoms with van der Waals surface area (Å²) in [5.41, 5.74) is 0.0391. The van der Waals surface area contributed by atoms with Gasteiger partial charge in [-0.25, -0.2) is 0 Å². The fourth-order valence-electron chi connectivity index (χ4n) is 2.58. The molecule has 1 N–H and O–H groups in total. The Hall–Kier alpha value is -0.800. The van der Waals surface area contributed by atoms with Crippen molar-refractivity contribution in [3.63, 3.8) is 0 Å². The molecule has 0 amide bonds. The zero-order valence-corrected chi connectivity index (χ0v) is 11.8. The number of hydrogen-bond donors (Lipinski definition) is 1. The molecule has 1 atom stereocenters. The molecule has 0 aliphatic heterocycles. The van der Waals surface area contributed by atoms with Crippen LogP contribution in [0.2, 0.25) is 0 Å². The van der Waals surface area contributed by atoms with Gasteiger partial charge >= 0.3 is 0 Å². The molecule has 0 spiro atoms. The number of nitrogens with zero attached hydrogens (tertiary/aromatic N) is 1. The minimum absolute atomic E-state index is 0.0391. The summed E-state index contributed by atoms with van der Waals surface area (Å²) in [6, 6.07) is 4.23. The highest BCUT2D eigenvalue weighted by atomic mass is 16.3. The topological polar surface area (TPSA) is 28.4 Å². The molecule has 0 aromatic carbocycles. The van der Waals surface area contributed by atoms with E-state index in [0.29, 0.717) is 0 Å². The van der Waals surface area contributed by atoms with Crippen molar-refractivity contribution >= 4 is 0 Å². The van der Waals surface area contributed by atoms with Crippen molar-refractivity contribution in [3.05, 3.63) is 24.2 Å². The standard InChI is InChI=1S/C14H26N2O/c1-6-15-13(12-10-9-11-17-12)14(4,5)16(7-2)8-3/h9-11,13,15H,6-8H2,1-5H3. The van der Waals surface area contributed by atoms with Crippen molar-refractivity contribution in [2.45, 2.75) is 46.2 Å². The maximum absolute atomic E-state index is 5.58. The molecular weight excluding hydrogens is 212 g/mol. The van der Waals surface area contributed by atoms with Crippen LogP contribution in [0.25, 0.3) is 0 Å². The van der Waals surface area contributed by atoms with E-state index >= 15 is 0 Å². The van der Waals surface area contributed by atoms with Crippen LogP contribution in [0.1, 0.15) is 46.4 Å². The van der Waals surface area contributed by atoms with Gasteiger partial charge in [-0.05, 0) is 45.6 Å². The lowest BCUT2D eigenvalue weighted by Gasteiger charge is -2.42. The molecule has 98 valence electrons. The van der Waals surface area contributed by atoms with Gasteiger partial charge in [0, 0.05) is 5.54 Å². The number of nitrogens with one attached hydrogen (secondary N) is 1. The molecule has 3 heteroatoms. The fraction of sp³-hybridized carbons (Fsp3) is 0.714. The van der Waals surface area contributed by atoms with E-state index in [4.69, 9.17) is 4.42 Å². The van der Waals surface area contributed by atoms with Crippen molar-refractivity contribution < 1.29 is 4.42 Å². The van der Waals surface area contributed by atoms with Crippen LogP contribution in [0, 0.1) is 0 Å². The molecule has 0 aliphatic rings. The molecule has 1 rings (SSSR count). The Morgan fingerprint density at radius 2 is 1.94 bits per heavy atom. The third-order valence-electron chi connectivity index (χ3n) is 3.52. The first kappa shape index (κ1) is 14.3. The monoisotopic (exact) mass is 238 g/mol. The molecule has 0 aliphatic carbocycles. The summed E-state index contributed by atoms with van der Waals surface area (Å²) in [6.07, 6.45) is 1.75. The third-order valence-corrected chi connectivity index (χ3v) is 3.52. The van der Waals surface area contributed by atoms with Crippen LogP contribution >= 0.6 is 0 Å². The van der Waals surface area contributed by atoms with Gasteiger partial charge in [0.1, 0.15) is 5.76 Å².